The molecule has 4 amide bonds. The topological polar surface area (TPSA) is 161 Å². The number of urea groups is 1. The highest BCUT2D eigenvalue weighted by molar-refractivity contribution is 6.07. The Morgan fingerprint density at radius 2 is 2.03 bits per heavy atom. The lowest BCUT2D eigenvalue weighted by Crippen LogP contribution is -2.57. The maximum atomic E-state index is 13.0. The standard InChI is InChI=1S/C20H26N10O3/c1-19(2,3)12-29(18-24-13(10-21)23-14-4-7-22-30(14)18)27-15(31)11-28-8-5-20(6-9-28)16(32)25-17(33)26-20/h4,7H,5-6,8-9,11-12H2,1-3H3,(H,27,31)(H2,25,26,32,33). The van der Waals surface area contributed by atoms with Gasteiger partial charge in [-0.25, -0.2) is 4.79 Å². The van der Waals surface area contributed by atoms with E-state index < -0.39 is 11.6 Å². The lowest BCUT2D eigenvalue weighted by molar-refractivity contribution is -0.126. The number of likely N-dealkylation sites (tertiary alicyclic amines) is 1. The largest absolute Gasteiger partial charge is 0.323 e. The molecule has 33 heavy (non-hydrogen) atoms. The fourth-order valence-corrected chi connectivity index (χ4v) is 4.03. The van der Waals surface area contributed by atoms with Gasteiger partial charge in [-0.05, 0) is 18.3 Å². The summed E-state index contributed by atoms with van der Waals surface area (Å²) in [5.41, 5.74) is 2.24. The molecule has 2 aliphatic rings. The summed E-state index contributed by atoms with van der Waals surface area (Å²) in [6.07, 6.45) is 2.40. The number of hydrogen-bond acceptors (Lipinski definition) is 9. The minimum Gasteiger partial charge on any atom is -0.323 e. The Kier molecular flexibility index (Phi) is 5.62. The van der Waals surface area contributed by atoms with Gasteiger partial charge in [0.25, 0.3) is 11.8 Å². The highest BCUT2D eigenvalue weighted by atomic mass is 16.2. The van der Waals surface area contributed by atoms with E-state index in [1.165, 1.54) is 4.52 Å². The molecule has 2 saturated heterocycles. The Morgan fingerprint density at radius 3 is 2.64 bits per heavy atom. The van der Waals surface area contributed by atoms with Crippen LogP contribution in [0.1, 0.15) is 39.4 Å². The maximum Gasteiger partial charge on any atom is 0.322 e. The summed E-state index contributed by atoms with van der Waals surface area (Å²) in [4.78, 5) is 46.9. The number of amides is 4. The Hall–Kier alpha value is -3.79. The summed E-state index contributed by atoms with van der Waals surface area (Å²) in [5, 5.41) is 20.1. The summed E-state index contributed by atoms with van der Waals surface area (Å²) in [7, 11) is 0. The van der Waals surface area contributed by atoms with Gasteiger partial charge in [-0.15, -0.1) is 0 Å². The fourth-order valence-electron chi connectivity index (χ4n) is 4.03. The molecule has 0 saturated carbocycles. The molecular weight excluding hydrogens is 428 g/mol. The van der Waals surface area contributed by atoms with Gasteiger partial charge in [0.2, 0.25) is 11.8 Å². The molecule has 3 N–H and O–H groups in total. The van der Waals surface area contributed by atoms with Gasteiger partial charge in [-0.2, -0.15) is 24.8 Å². The molecule has 0 unspecified atom stereocenters. The summed E-state index contributed by atoms with van der Waals surface area (Å²) in [6.45, 7) is 7.53. The Labute approximate surface area is 190 Å². The van der Waals surface area contributed by atoms with Crippen LogP contribution in [0.25, 0.3) is 5.65 Å². The number of imide groups is 1. The lowest BCUT2D eigenvalue weighted by Gasteiger charge is -2.37. The number of hydrogen-bond donors (Lipinski definition) is 3. The number of nitriles is 1. The SMILES string of the molecule is CC(C)(C)CN(NC(=O)CN1CCC2(CC1)NC(=O)NC2=O)c1nc(C#N)nc2ccnn12. The van der Waals surface area contributed by atoms with Crippen molar-refractivity contribution in [3.8, 4) is 6.07 Å². The summed E-state index contributed by atoms with van der Waals surface area (Å²) >= 11 is 0. The average molecular weight is 454 g/mol. The van der Waals surface area contributed by atoms with Gasteiger partial charge in [-0.3, -0.25) is 30.2 Å². The van der Waals surface area contributed by atoms with Crippen LogP contribution in [0.4, 0.5) is 10.7 Å². The van der Waals surface area contributed by atoms with Crippen LogP contribution in [0.5, 0.6) is 0 Å². The predicted molar refractivity (Wildman–Crippen MR) is 116 cm³/mol. The number of aromatic nitrogens is 4. The monoisotopic (exact) mass is 454 g/mol. The van der Waals surface area contributed by atoms with Crippen molar-refractivity contribution in [3.05, 3.63) is 18.1 Å². The van der Waals surface area contributed by atoms with Crippen molar-refractivity contribution in [3.63, 3.8) is 0 Å². The van der Waals surface area contributed by atoms with E-state index in [4.69, 9.17) is 0 Å². The zero-order valence-corrected chi connectivity index (χ0v) is 18.8. The Balaban J connectivity index is 1.47. The molecule has 2 aromatic heterocycles. The number of fused-ring (bicyclic) bond motifs is 1. The zero-order chi connectivity index (χ0) is 23.8. The van der Waals surface area contributed by atoms with Crippen LogP contribution >= 0.6 is 0 Å². The predicted octanol–water partition coefficient (Wildman–Crippen LogP) is -0.446. The van der Waals surface area contributed by atoms with Gasteiger partial charge < -0.3 is 5.32 Å². The number of hydrazine groups is 1. The van der Waals surface area contributed by atoms with Gasteiger partial charge in [0.1, 0.15) is 11.6 Å². The van der Waals surface area contributed by atoms with Gasteiger partial charge in [-0.1, -0.05) is 20.8 Å². The molecule has 2 fully saturated rings. The van der Waals surface area contributed by atoms with Crippen molar-refractivity contribution < 1.29 is 14.4 Å². The quantitative estimate of drug-likeness (QED) is 0.401. The van der Waals surface area contributed by atoms with Crippen molar-refractivity contribution in [2.24, 2.45) is 5.41 Å². The van der Waals surface area contributed by atoms with Gasteiger partial charge in [0, 0.05) is 25.7 Å². The highest BCUT2D eigenvalue weighted by Crippen LogP contribution is 2.25. The molecule has 0 radical (unpaired) electrons. The minimum absolute atomic E-state index is 0.0237. The molecule has 2 aromatic rings. The van der Waals surface area contributed by atoms with Gasteiger partial charge in [0.05, 0.1) is 12.7 Å². The number of piperidine rings is 1. The zero-order valence-electron chi connectivity index (χ0n) is 18.8. The number of nitrogens with one attached hydrogen (secondary N) is 3. The number of carbonyl (C=O) groups excluding carboxylic acids is 3. The van der Waals surface area contributed by atoms with Crippen molar-refractivity contribution in [1.29, 1.82) is 5.26 Å². The molecule has 0 aliphatic carbocycles. The first-order chi connectivity index (χ1) is 15.6. The fraction of sp³-hybridized carbons (Fsp3) is 0.550. The molecular formula is C20H26N10O3. The summed E-state index contributed by atoms with van der Waals surface area (Å²) in [6, 6.07) is 3.12. The summed E-state index contributed by atoms with van der Waals surface area (Å²) in [5.74, 6) is -0.321. The third kappa shape index (κ3) is 4.70. The van der Waals surface area contributed by atoms with E-state index in [-0.39, 0.29) is 35.5 Å². The molecule has 13 heteroatoms. The second kappa shape index (κ2) is 8.28. The van der Waals surface area contributed by atoms with E-state index in [9.17, 15) is 19.6 Å². The van der Waals surface area contributed by atoms with Crippen molar-refractivity contribution in [2.75, 3.05) is 31.2 Å². The first-order valence-electron chi connectivity index (χ1n) is 10.6. The van der Waals surface area contributed by atoms with Crippen LogP contribution in [-0.2, 0) is 9.59 Å². The second-order valence-corrected chi connectivity index (χ2v) is 9.51. The summed E-state index contributed by atoms with van der Waals surface area (Å²) < 4.78 is 1.47. The average Bonchev–Trinajstić information content (AvgIpc) is 3.31. The number of carbonyl (C=O) groups is 3. The second-order valence-electron chi connectivity index (χ2n) is 9.51. The maximum absolute atomic E-state index is 13.0. The molecule has 0 aromatic carbocycles. The van der Waals surface area contributed by atoms with E-state index in [0.29, 0.717) is 38.1 Å². The first-order valence-corrected chi connectivity index (χ1v) is 10.6. The van der Waals surface area contributed by atoms with Crippen LogP contribution in [0.15, 0.2) is 12.3 Å². The third-order valence-electron chi connectivity index (χ3n) is 5.56. The van der Waals surface area contributed by atoms with Crippen LogP contribution in [-0.4, -0.2) is 74.0 Å². The number of nitrogens with zero attached hydrogens (tertiary/aromatic N) is 7. The van der Waals surface area contributed by atoms with Gasteiger partial charge in [0.15, 0.2) is 5.65 Å². The van der Waals surface area contributed by atoms with Crippen LogP contribution < -0.4 is 21.1 Å². The van der Waals surface area contributed by atoms with Crippen molar-refractivity contribution in [2.45, 2.75) is 39.2 Å². The molecule has 0 bridgehead atoms. The number of rotatable bonds is 5. The van der Waals surface area contributed by atoms with E-state index in [1.54, 1.807) is 17.3 Å². The van der Waals surface area contributed by atoms with Crippen LogP contribution in [0, 0.1) is 16.7 Å². The normalized spacial score (nSPS) is 18.1. The minimum atomic E-state index is -0.886. The Morgan fingerprint density at radius 1 is 1.30 bits per heavy atom. The van der Waals surface area contributed by atoms with Crippen LogP contribution in [0.2, 0.25) is 0 Å². The van der Waals surface area contributed by atoms with Gasteiger partial charge >= 0.3 is 6.03 Å². The number of anilines is 1. The van der Waals surface area contributed by atoms with E-state index in [1.807, 2.05) is 31.7 Å². The van der Waals surface area contributed by atoms with Crippen LogP contribution in [0.3, 0.4) is 0 Å². The highest BCUT2D eigenvalue weighted by Gasteiger charge is 2.47. The molecule has 0 atom stereocenters. The van der Waals surface area contributed by atoms with Crippen molar-refractivity contribution >= 4 is 29.4 Å². The molecule has 2 aliphatic heterocycles. The molecule has 4 heterocycles. The third-order valence-corrected chi connectivity index (χ3v) is 5.56. The molecule has 4 rings (SSSR count). The Bertz CT molecular complexity index is 1140. The molecule has 1 spiro atoms. The van der Waals surface area contributed by atoms with E-state index in [0.717, 1.165) is 0 Å². The lowest BCUT2D eigenvalue weighted by atomic mass is 9.88. The molecule has 174 valence electrons. The molecule has 13 nitrogen and oxygen atoms in total. The van der Waals surface area contributed by atoms with E-state index in [2.05, 4.69) is 31.1 Å². The van der Waals surface area contributed by atoms with Crippen molar-refractivity contribution in [1.82, 2.24) is 40.5 Å². The van der Waals surface area contributed by atoms with E-state index >= 15 is 0 Å². The smallest absolute Gasteiger partial charge is 0.322 e. The first kappa shape index (κ1) is 22.4.